The smallest absolute Gasteiger partial charge is 0.166 e. The molecule has 0 spiro atoms. The van der Waals surface area contributed by atoms with E-state index in [9.17, 15) is 2.74 Å². The second-order valence-electron chi connectivity index (χ2n) is 13.5. The lowest BCUT2D eigenvalue weighted by molar-refractivity contribution is 0.670. The van der Waals surface area contributed by atoms with Crippen molar-refractivity contribution in [1.82, 2.24) is 19.5 Å². The molecule has 262 valence electrons. The number of furan rings is 1. The van der Waals surface area contributed by atoms with Crippen LogP contribution in [-0.4, -0.2) is 19.5 Å². The Bertz CT molecular complexity index is 3530. The molecule has 3 aromatic heterocycles. The molecule has 0 saturated heterocycles. The Kier molecular flexibility index (Phi) is 6.10. The minimum atomic E-state index is -0.194. The van der Waals surface area contributed by atoms with E-state index in [4.69, 9.17) is 24.9 Å². The van der Waals surface area contributed by atoms with E-state index in [1.54, 1.807) is 4.57 Å². The molecule has 0 aliphatic heterocycles. The molecular weight excluding hydrogens is 685 g/mol. The fourth-order valence-corrected chi connectivity index (χ4v) is 7.62. The van der Waals surface area contributed by atoms with Crippen LogP contribution in [-0.2, 0) is 0 Å². The Labute approximate surface area is 331 Å². The van der Waals surface area contributed by atoms with E-state index in [0.29, 0.717) is 34.3 Å². The van der Waals surface area contributed by atoms with Crippen LogP contribution in [0.2, 0.25) is 0 Å². The molecule has 11 aromatic rings. The summed E-state index contributed by atoms with van der Waals surface area (Å²) in [5.41, 5.74) is 8.07. The van der Waals surface area contributed by atoms with E-state index in [0.717, 1.165) is 49.7 Å². The van der Waals surface area contributed by atoms with Gasteiger partial charge in [0.15, 0.2) is 17.5 Å². The average Bonchev–Trinajstić information content (AvgIpc) is 3.88. The highest BCUT2D eigenvalue weighted by Gasteiger charge is 2.21. The molecule has 3 heterocycles. The Hall–Kier alpha value is -7.63. The van der Waals surface area contributed by atoms with Crippen molar-refractivity contribution in [3.8, 4) is 62.1 Å². The zero-order valence-electron chi connectivity index (χ0n) is 35.7. The third-order valence-electron chi connectivity index (χ3n) is 10.2. The monoisotopic (exact) mass is 722 g/mol. The number of fused-ring (bicyclic) bond motifs is 6. The number of para-hydroxylation sites is 4. The fourth-order valence-electron chi connectivity index (χ4n) is 7.62. The van der Waals surface area contributed by atoms with Crippen LogP contribution in [0.3, 0.4) is 0 Å². The van der Waals surface area contributed by atoms with Gasteiger partial charge in [-0.2, -0.15) is 0 Å². The molecular formula is C51H32N4O. The van der Waals surface area contributed by atoms with Crippen LogP contribution in [0.4, 0.5) is 0 Å². The molecule has 5 nitrogen and oxygen atoms in total. The number of nitrogens with zero attached hydrogens (tertiary/aromatic N) is 4. The standard InChI is InChI=1S/C51H32N4O/c1-3-15-33(16-4-1)35-19-13-20-37(31-35)50-52-49(34-17-5-2-6-18-34)53-51(54-50)43-32-36(38-24-14-25-42-41-23-9-12-28-47(41)56-48(38)42)29-30-46(43)55-44-26-10-7-21-39(44)40-22-8-11-27-45(40)55/h1-32H/i7D,8D,21D,22D,26D,27D. The van der Waals surface area contributed by atoms with Gasteiger partial charge in [0, 0.05) is 43.8 Å². The van der Waals surface area contributed by atoms with Crippen LogP contribution in [0.25, 0.3) is 106 Å². The van der Waals surface area contributed by atoms with Gasteiger partial charge in [0.25, 0.3) is 0 Å². The quantitative estimate of drug-likeness (QED) is 0.171. The van der Waals surface area contributed by atoms with Gasteiger partial charge in [0.2, 0.25) is 0 Å². The summed E-state index contributed by atoms with van der Waals surface area (Å²) >= 11 is 0. The van der Waals surface area contributed by atoms with Crippen molar-refractivity contribution in [2.45, 2.75) is 0 Å². The molecule has 0 unspecified atom stereocenters. The summed E-state index contributed by atoms with van der Waals surface area (Å²) in [6, 6.07) is 49.2. The van der Waals surface area contributed by atoms with Crippen LogP contribution in [0.15, 0.2) is 198 Å². The average molecular weight is 723 g/mol. The molecule has 0 amide bonds. The summed E-state index contributed by atoms with van der Waals surface area (Å²) in [4.78, 5) is 15.4. The molecule has 0 saturated carbocycles. The van der Waals surface area contributed by atoms with Crippen molar-refractivity contribution < 1.29 is 12.6 Å². The largest absolute Gasteiger partial charge is 0.455 e. The summed E-state index contributed by atoms with van der Waals surface area (Å²) in [6.07, 6.45) is 0. The molecule has 0 aliphatic carbocycles. The number of hydrogen-bond acceptors (Lipinski definition) is 4. The fraction of sp³-hybridized carbons (Fsp3) is 0. The van der Waals surface area contributed by atoms with E-state index in [1.165, 1.54) is 12.1 Å². The summed E-state index contributed by atoms with van der Waals surface area (Å²) in [6.45, 7) is 0. The van der Waals surface area contributed by atoms with Gasteiger partial charge in [-0.15, -0.1) is 0 Å². The molecule has 8 aromatic carbocycles. The maximum atomic E-state index is 9.25. The lowest BCUT2D eigenvalue weighted by Gasteiger charge is -2.16. The molecule has 0 N–H and O–H groups in total. The second kappa shape index (κ2) is 13.0. The summed E-state index contributed by atoms with van der Waals surface area (Å²) in [5.74, 6) is 1.15. The first-order chi connectivity index (χ1) is 30.2. The van der Waals surface area contributed by atoms with Gasteiger partial charge in [0.1, 0.15) is 11.2 Å². The van der Waals surface area contributed by atoms with Crippen LogP contribution in [0.1, 0.15) is 8.22 Å². The van der Waals surface area contributed by atoms with Gasteiger partial charge < -0.3 is 8.98 Å². The third-order valence-corrected chi connectivity index (χ3v) is 10.2. The molecule has 11 rings (SSSR count). The van der Waals surface area contributed by atoms with Gasteiger partial charge in [0.05, 0.1) is 24.9 Å². The van der Waals surface area contributed by atoms with Gasteiger partial charge in [-0.25, -0.2) is 15.0 Å². The first-order valence-corrected chi connectivity index (χ1v) is 18.3. The zero-order valence-corrected chi connectivity index (χ0v) is 29.7. The Balaban J connectivity index is 1.25. The zero-order chi connectivity index (χ0) is 42.2. The number of aromatic nitrogens is 4. The van der Waals surface area contributed by atoms with Crippen LogP contribution < -0.4 is 0 Å². The predicted octanol–water partition coefficient (Wildman–Crippen LogP) is 13.2. The maximum Gasteiger partial charge on any atom is 0.166 e. The Morgan fingerprint density at radius 3 is 1.79 bits per heavy atom. The van der Waals surface area contributed by atoms with Crippen LogP contribution in [0, 0.1) is 0 Å². The Morgan fingerprint density at radius 1 is 0.411 bits per heavy atom. The highest BCUT2D eigenvalue weighted by atomic mass is 16.3. The lowest BCUT2D eigenvalue weighted by Crippen LogP contribution is -2.04. The molecule has 0 atom stereocenters. The van der Waals surface area contributed by atoms with Gasteiger partial charge in [-0.1, -0.05) is 158 Å². The minimum absolute atomic E-state index is 0.0661. The van der Waals surface area contributed by atoms with E-state index < -0.39 is 0 Å². The van der Waals surface area contributed by atoms with Gasteiger partial charge in [-0.3, -0.25) is 0 Å². The van der Waals surface area contributed by atoms with Crippen molar-refractivity contribution in [1.29, 1.82) is 0 Å². The first kappa shape index (κ1) is 26.2. The van der Waals surface area contributed by atoms with Crippen LogP contribution >= 0.6 is 0 Å². The minimum Gasteiger partial charge on any atom is -0.455 e. The maximum absolute atomic E-state index is 9.25. The van der Waals surface area contributed by atoms with E-state index >= 15 is 0 Å². The van der Waals surface area contributed by atoms with E-state index in [1.807, 2.05) is 127 Å². The number of hydrogen-bond donors (Lipinski definition) is 0. The molecule has 0 bridgehead atoms. The van der Waals surface area contributed by atoms with Crippen molar-refractivity contribution in [3.63, 3.8) is 0 Å². The normalized spacial score (nSPS) is 13.1. The SMILES string of the molecule is [2H]c1cc([2H])c2c(c1[2H])c1c([2H])c([2H])cc([2H])c1n2-c1ccc(-c2cccc3c2oc2ccccc23)cc1-c1nc(-c2ccccc2)nc(-c2cccc(-c3ccccc3)c2)n1. The van der Waals surface area contributed by atoms with Crippen molar-refractivity contribution in [2.75, 3.05) is 0 Å². The van der Waals surface area contributed by atoms with Crippen molar-refractivity contribution in [2.24, 2.45) is 0 Å². The summed E-state index contributed by atoms with van der Waals surface area (Å²) < 4.78 is 62.0. The second-order valence-corrected chi connectivity index (χ2v) is 13.5. The molecule has 0 aliphatic rings. The Morgan fingerprint density at radius 2 is 1.02 bits per heavy atom. The van der Waals surface area contributed by atoms with Gasteiger partial charge >= 0.3 is 0 Å². The van der Waals surface area contributed by atoms with Gasteiger partial charge in [-0.05, 0) is 53.0 Å². The number of benzene rings is 8. The molecule has 5 heteroatoms. The van der Waals surface area contributed by atoms with E-state index in [2.05, 4.69) is 18.2 Å². The highest BCUT2D eigenvalue weighted by molar-refractivity contribution is 6.11. The van der Waals surface area contributed by atoms with Crippen molar-refractivity contribution in [3.05, 3.63) is 194 Å². The first-order valence-electron chi connectivity index (χ1n) is 21.3. The molecule has 56 heavy (non-hydrogen) atoms. The third kappa shape index (κ3) is 5.29. The van der Waals surface area contributed by atoms with E-state index in [-0.39, 0.29) is 58.1 Å². The number of rotatable bonds is 6. The molecule has 0 radical (unpaired) electrons. The lowest BCUT2D eigenvalue weighted by atomic mass is 9.98. The molecule has 0 fully saturated rings. The van der Waals surface area contributed by atoms with Crippen LogP contribution in [0.5, 0.6) is 0 Å². The van der Waals surface area contributed by atoms with Crippen molar-refractivity contribution >= 4 is 43.7 Å². The summed E-state index contributed by atoms with van der Waals surface area (Å²) in [5, 5.41) is 2.27. The topological polar surface area (TPSA) is 56.7 Å². The predicted molar refractivity (Wildman–Crippen MR) is 229 cm³/mol. The summed E-state index contributed by atoms with van der Waals surface area (Å²) in [7, 11) is 0. The highest BCUT2D eigenvalue weighted by Crippen LogP contribution is 2.41.